The molecule has 2 aliphatic rings. The second kappa shape index (κ2) is 6.85. The largest absolute Gasteiger partial charge is 0.304 e. The molecule has 0 bridgehead atoms. The minimum atomic E-state index is 0.614. The molecule has 2 aliphatic heterocycles. The number of rotatable bonds is 4. The summed E-state index contributed by atoms with van der Waals surface area (Å²) in [6.07, 6.45) is 2.76. The summed E-state index contributed by atoms with van der Waals surface area (Å²) in [5.74, 6) is 0.818. The Morgan fingerprint density at radius 2 is 1.89 bits per heavy atom. The lowest BCUT2D eigenvalue weighted by molar-refractivity contribution is 0.0603. The first-order chi connectivity index (χ1) is 8.69. The Balaban J connectivity index is 1.75. The molecule has 0 spiro atoms. The van der Waals surface area contributed by atoms with Crippen LogP contribution < -0.4 is 5.43 Å². The van der Waals surface area contributed by atoms with Gasteiger partial charge < -0.3 is 9.80 Å². The van der Waals surface area contributed by atoms with Crippen molar-refractivity contribution in [2.24, 2.45) is 5.92 Å². The molecule has 4 heteroatoms. The number of hydrazine groups is 1. The predicted molar refractivity (Wildman–Crippen MR) is 76.5 cm³/mol. The molecule has 4 nitrogen and oxygen atoms in total. The number of nitrogens with one attached hydrogen (secondary N) is 1. The molecule has 0 saturated carbocycles. The fourth-order valence-electron chi connectivity index (χ4n) is 3.12. The topological polar surface area (TPSA) is 21.8 Å². The van der Waals surface area contributed by atoms with Crippen LogP contribution in [0.3, 0.4) is 0 Å². The van der Waals surface area contributed by atoms with Gasteiger partial charge in [0.1, 0.15) is 0 Å². The van der Waals surface area contributed by atoms with Gasteiger partial charge in [0.05, 0.1) is 0 Å². The summed E-state index contributed by atoms with van der Waals surface area (Å²) in [6, 6.07) is 0.614. The average Bonchev–Trinajstić information content (AvgIpc) is 2.41. The van der Waals surface area contributed by atoms with Gasteiger partial charge >= 0.3 is 0 Å². The van der Waals surface area contributed by atoms with Crippen molar-refractivity contribution in [2.45, 2.75) is 32.7 Å². The minimum Gasteiger partial charge on any atom is -0.304 e. The van der Waals surface area contributed by atoms with E-state index in [9.17, 15) is 0 Å². The second-order valence-electron chi connectivity index (χ2n) is 6.00. The van der Waals surface area contributed by atoms with Crippen molar-refractivity contribution >= 4 is 0 Å². The van der Waals surface area contributed by atoms with Gasteiger partial charge in [-0.2, -0.15) is 0 Å². The number of likely N-dealkylation sites (N-methyl/N-ethyl adjacent to an activating group) is 1. The van der Waals surface area contributed by atoms with Crippen LogP contribution in [-0.2, 0) is 0 Å². The van der Waals surface area contributed by atoms with E-state index in [0.717, 1.165) is 19.0 Å². The van der Waals surface area contributed by atoms with Crippen molar-refractivity contribution in [1.82, 2.24) is 20.2 Å². The summed E-state index contributed by atoms with van der Waals surface area (Å²) in [6.45, 7) is 13.1. The van der Waals surface area contributed by atoms with Crippen LogP contribution in [0, 0.1) is 5.92 Å². The molecule has 0 aromatic heterocycles. The Labute approximate surface area is 112 Å². The van der Waals surface area contributed by atoms with Gasteiger partial charge in [-0.1, -0.05) is 6.92 Å². The minimum absolute atomic E-state index is 0.614. The molecular weight excluding hydrogens is 224 g/mol. The van der Waals surface area contributed by atoms with Crippen LogP contribution in [0.2, 0.25) is 0 Å². The van der Waals surface area contributed by atoms with Gasteiger partial charge in [0.15, 0.2) is 0 Å². The van der Waals surface area contributed by atoms with Gasteiger partial charge in [0.25, 0.3) is 0 Å². The van der Waals surface area contributed by atoms with Crippen molar-refractivity contribution < 1.29 is 0 Å². The third-order valence-electron chi connectivity index (χ3n) is 4.59. The normalized spacial score (nSPS) is 30.5. The smallest absolute Gasteiger partial charge is 0.0259 e. The summed E-state index contributed by atoms with van der Waals surface area (Å²) < 4.78 is 0. The standard InChI is InChI=1S/C14H30N4/c1-4-17-7-5-6-14(12-17)13(2)15-18-10-8-16(3)9-11-18/h13-15H,4-12H2,1-3H3. The van der Waals surface area contributed by atoms with E-state index in [4.69, 9.17) is 0 Å². The van der Waals surface area contributed by atoms with E-state index in [2.05, 4.69) is 41.1 Å². The molecule has 0 aromatic rings. The lowest BCUT2D eigenvalue weighted by Gasteiger charge is -2.40. The molecule has 2 atom stereocenters. The van der Waals surface area contributed by atoms with Crippen LogP contribution in [0.25, 0.3) is 0 Å². The number of nitrogens with zero attached hydrogens (tertiary/aromatic N) is 3. The van der Waals surface area contributed by atoms with E-state index >= 15 is 0 Å². The van der Waals surface area contributed by atoms with Gasteiger partial charge in [0, 0.05) is 38.8 Å². The van der Waals surface area contributed by atoms with Crippen molar-refractivity contribution in [1.29, 1.82) is 0 Å². The van der Waals surface area contributed by atoms with E-state index in [1.165, 1.54) is 45.6 Å². The maximum atomic E-state index is 3.73. The Morgan fingerprint density at radius 1 is 1.17 bits per heavy atom. The van der Waals surface area contributed by atoms with Crippen LogP contribution >= 0.6 is 0 Å². The maximum absolute atomic E-state index is 3.73. The van der Waals surface area contributed by atoms with Crippen LogP contribution in [-0.4, -0.2) is 73.7 Å². The van der Waals surface area contributed by atoms with Gasteiger partial charge in [-0.05, 0) is 45.8 Å². The molecule has 2 heterocycles. The highest BCUT2D eigenvalue weighted by Crippen LogP contribution is 2.19. The second-order valence-corrected chi connectivity index (χ2v) is 6.00. The Morgan fingerprint density at radius 3 is 2.56 bits per heavy atom. The van der Waals surface area contributed by atoms with Gasteiger partial charge in [-0.25, -0.2) is 5.01 Å². The third-order valence-corrected chi connectivity index (χ3v) is 4.59. The highest BCUT2D eigenvalue weighted by Gasteiger charge is 2.25. The van der Waals surface area contributed by atoms with Crippen LogP contribution in [0.1, 0.15) is 26.7 Å². The van der Waals surface area contributed by atoms with Crippen molar-refractivity contribution in [3.63, 3.8) is 0 Å². The lowest BCUT2D eigenvalue weighted by atomic mass is 9.92. The summed E-state index contributed by atoms with van der Waals surface area (Å²) in [4.78, 5) is 5.00. The fraction of sp³-hybridized carbons (Fsp3) is 1.00. The zero-order valence-electron chi connectivity index (χ0n) is 12.4. The number of piperidine rings is 1. The molecule has 0 aliphatic carbocycles. The molecule has 0 amide bonds. The van der Waals surface area contributed by atoms with E-state index in [1.54, 1.807) is 0 Å². The maximum Gasteiger partial charge on any atom is 0.0259 e. The zero-order valence-corrected chi connectivity index (χ0v) is 12.4. The summed E-state index contributed by atoms with van der Waals surface area (Å²) >= 11 is 0. The molecule has 106 valence electrons. The number of hydrogen-bond acceptors (Lipinski definition) is 4. The van der Waals surface area contributed by atoms with Crippen molar-refractivity contribution in [3.8, 4) is 0 Å². The van der Waals surface area contributed by atoms with Gasteiger partial charge in [-0.15, -0.1) is 0 Å². The van der Waals surface area contributed by atoms with E-state index in [-0.39, 0.29) is 0 Å². The SMILES string of the molecule is CCN1CCCC(C(C)NN2CCN(C)CC2)C1. The van der Waals surface area contributed by atoms with Crippen LogP contribution in [0.4, 0.5) is 0 Å². The quantitative estimate of drug-likeness (QED) is 0.803. The summed E-state index contributed by atoms with van der Waals surface area (Å²) in [5.41, 5.74) is 3.73. The van der Waals surface area contributed by atoms with Crippen LogP contribution in [0.5, 0.6) is 0 Å². The molecular formula is C14H30N4. The average molecular weight is 254 g/mol. The zero-order chi connectivity index (χ0) is 13.0. The van der Waals surface area contributed by atoms with E-state index < -0.39 is 0 Å². The lowest BCUT2D eigenvalue weighted by Crippen LogP contribution is -2.56. The number of likely N-dealkylation sites (tertiary alicyclic amines) is 1. The van der Waals surface area contributed by atoms with Crippen molar-refractivity contribution in [3.05, 3.63) is 0 Å². The molecule has 2 saturated heterocycles. The monoisotopic (exact) mass is 254 g/mol. The van der Waals surface area contributed by atoms with E-state index in [0.29, 0.717) is 6.04 Å². The summed E-state index contributed by atoms with van der Waals surface area (Å²) in [5, 5.41) is 2.43. The molecule has 1 N–H and O–H groups in total. The molecule has 0 radical (unpaired) electrons. The Bertz CT molecular complexity index is 238. The molecule has 2 rings (SSSR count). The number of hydrogen-bond donors (Lipinski definition) is 1. The third kappa shape index (κ3) is 3.92. The highest BCUT2D eigenvalue weighted by atomic mass is 15.5. The fourth-order valence-corrected chi connectivity index (χ4v) is 3.12. The first-order valence-corrected chi connectivity index (χ1v) is 7.61. The molecule has 18 heavy (non-hydrogen) atoms. The van der Waals surface area contributed by atoms with E-state index in [1.807, 2.05) is 0 Å². The highest BCUT2D eigenvalue weighted by molar-refractivity contribution is 4.80. The Hall–Kier alpha value is -0.160. The van der Waals surface area contributed by atoms with Gasteiger partial charge in [0.2, 0.25) is 0 Å². The molecule has 2 fully saturated rings. The first-order valence-electron chi connectivity index (χ1n) is 7.61. The predicted octanol–water partition coefficient (Wildman–Crippen LogP) is 0.859. The first kappa shape index (κ1) is 14.3. The van der Waals surface area contributed by atoms with Gasteiger partial charge in [-0.3, -0.25) is 5.43 Å². The molecule has 2 unspecified atom stereocenters. The number of piperazine rings is 1. The molecule has 0 aromatic carbocycles. The van der Waals surface area contributed by atoms with Crippen molar-refractivity contribution in [2.75, 3.05) is 52.9 Å². The summed E-state index contributed by atoms with van der Waals surface area (Å²) in [7, 11) is 2.21. The van der Waals surface area contributed by atoms with Crippen LogP contribution in [0.15, 0.2) is 0 Å². The Kier molecular flexibility index (Phi) is 5.42.